The number of hydrogen-bond acceptors (Lipinski definition) is 5. The summed E-state index contributed by atoms with van der Waals surface area (Å²) in [6.45, 7) is 2.69. The van der Waals surface area contributed by atoms with Crippen molar-refractivity contribution in [1.29, 1.82) is 0 Å². The summed E-state index contributed by atoms with van der Waals surface area (Å²) < 4.78 is 35.8. The molecular formula is C13H15F2NO4. The third-order valence-electron chi connectivity index (χ3n) is 2.61. The van der Waals surface area contributed by atoms with Crippen molar-refractivity contribution < 1.29 is 27.8 Å². The molecule has 5 nitrogen and oxygen atoms in total. The smallest absolute Gasteiger partial charge is 0.341 e. The molecule has 2 N–H and O–H groups in total. The van der Waals surface area contributed by atoms with Crippen molar-refractivity contribution in [3.05, 3.63) is 29.3 Å². The van der Waals surface area contributed by atoms with Crippen LogP contribution in [0.1, 0.15) is 24.2 Å². The van der Waals surface area contributed by atoms with E-state index in [9.17, 15) is 18.4 Å². The highest BCUT2D eigenvalue weighted by molar-refractivity contribution is 5.91. The Labute approximate surface area is 114 Å². The Bertz CT molecular complexity index is 543. The largest absolute Gasteiger partial charge is 0.469 e. The molecule has 0 radical (unpaired) electrons. The number of carbonyl (C=O) groups excluding carboxylic acids is 2. The van der Waals surface area contributed by atoms with Crippen LogP contribution >= 0.6 is 0 Å². The highest BCUT2D eigenvalue weighted by atomic mass is 19.1. The van der Waals surface area contributed by atoms with Gasteiger partial charge in [0.05, 0.1) is 23.8 Å². The molecule has 0 aliphatic rings. The van der Waals surface area contributed by atoms with E-state index in [2.05, 4.69) is 4.74 Å². The Morgan fingerprint density at radius 2 is 1.85 bits per heavy atom. The first-order valence-electron chi connectivity index (χ1n) is 5.69. The quantitative estimate of drug-likeness (QED) is 0.676. The Morgan fingerprint density at radius 1 is 1.25 bits per heavy atom. The molecular weight excluding hydrogens is 272 g/mol. The Hall–Kier alpha value is -2.18. The molecule has 110 valence electrons. The number of nitrogens with two attached hydrogens (primary N) is 1. The van der Waals surface area contributed by atoms with Crippen LogP contribution < -0.4 is 5.73 Å². The third-order valence-corrected chi connectivity index (χ3v) is 2.61. The number of methoxy groups -OCH3 is 1. The molecule has 0 aromatic heterocycles. The van der Waals surface area contributed by atoms with Crippen molar-refractivity contribution >= 4 is 17.6 Å². The lowest BCUT2D eigenvalue weighted by molar-refractivity contribution is -0.152. The van der Waals surface area contributed by atoms with Gasteiger partial charge in [0.25, 0.3) is 0 Å². The fourth-order valence-corrected chi connectivity index (χ4v) is 1.38. The van der Waals surface area contributed by atoms with Crippen molar-refractivity contribution in [1.82, 2.24) is 0 Å². The molecule has 0 amide bonds. The normalized spacial score (nSPS) is 11.1. The van der Waals surface area contributed by atoms with Crippen molar-refractivity contribution in [2.75, 3.05) is 19.5 Å². The molecule has 1 rings (SSSR count). The van der Waals surface area contributed by atoms with Crippen LogP contribution in [0.2, 0.25) is 0 Å². The second-order valence-corrected chi connectivity index (χ2v) is 4.81. The minimum absolute atomic E-state index is 0.310. The average Bonchev–Trinajstić information content (AvgIpc) is 2.39. The summed E-state index contributed by atoms with van der Waals surface area (Å²) in [5, 5.41) is 0. The number of anilines is 1. The summed E-state index contributed by atoms with van der Waals surface area (Å²) in [7, 11) is 1.20. The fraction of sp³-hybridized carbons (Fsp3) is 0.385. The number of hydrogen-bond donors (Lipinski definition) is 1. The molecule has 1 aromatic rings. The molecule has 0 aliphatic carbocycles. The number of benzene rings is 1. The summed E-state index contributed by atoms with van der Waals surface area (Å²) in [6, 6.07) is 1.34. The van der Waals surface area contributed by atoms with E-state index in [-0.39, 0.29) is 12.3 Å². The molecule has 0 fully saturated rings. The van der Waals surface area contributed by atoms with Gasteiger partial charge in [-0.2, -0.15) is 0 Å². The number of nitrogen functional groups attached to an aromatic ring is 1. The first kappa shape index (κ1) is 15.9. The molecule has 0 atom stereocenters. The monoisotopic (exact) mass is 287 g/mol. The maximum Gasteiger partial charge on any atom is 0.341 e. The summed E-state index contributed by atoms with van der Waals surface area (Å²) in [5.41, 5.74) is 3.31. The molecule has 0 spiro atoms. The minimum Gasteiger partial charge on any atom is -0.469 e. The first-order valence-corrected chi connectivity index (χ1v) is 5.69. The van der Waals surface area contributed by atoms with Crippen LogP contribution in [0.5, 0.6) is 0 Å². The van der Waals surface area contributed by atoms with Crippen LogP contribution in [0.4, 0.5) is 14.5 Å². The van der Waals surface area contributed by atoms with Gasteiger partial charge < -0.3 is 15.2 Å². The van der Waals surface area contributed by atoms with Crippen molar-refractivity contribution in [3.63, 3.8) is 0 Å². The maximum absolute atomic E-state index is 13.4. The van der Waals surface area contributed by atoms with Crippen LogP contribution in [0.25, 0.3) is 0 Å². The highest BCUT2D eigenvalue weighted by Crippen LogP contribution is 2.21. The predicted octanol–water partition coefficient (Wildman–Crippen LogP) is 1.90. The van der Waals surface area contributed by atoms with Crippen LogP contribution in [0.15, 0.2) is 12.1 Å². The summed E-state index contributed by atoms with van der Waals surface area (Å²) in [4.78, 5) is 23.1. The lowest BCUT2D eigenvalue weighted by Crippen LogP contribution is -2.32. The lowest BCUT2D eigenvalue weighted by atomic mass is 9.95. The van der Waals surface area contributed by atoms with Crippen LogP contribution in [0, 0.1) is 17.0 Å². The zero-order chi connectivity index (χ0) is 15.5. The zero-order valence-corrected chi connectivity index (χ0v) is 11.3. The van der Waals surface area contributed by atoms with E-state index in [0.717, 1.165) is 6.07 Å². The Morgan fingerprint density at radius 3 is 2.40 bits per heavy atom. The van der Waals surface area contributed by atoms with Crippen molar-refractivity contribution in [2.45, 2.75) is 13.8 Å². The van der Waals surface area contributed by atoms with Gasteiger partial charge in [-0.25, -0.2) is 13.6 Å². The lowest BCUT2D eigenvalue weighted by Gasteiger charge is -2.20. The second kappa shape index (κ2) is 5.85. The molecule has 0 aliphatic heterocycles. The standard InChI is InChI=1S/C13H15F2NO4/c1-13(2,12(18)19-3)6-20-11(17)7-4-10(16)9(15)5-8(7)14/h4-5H,6,16H2,1-3H3. The van der Waals surface area contributed by atoms with Crippen LogP contribution in [0.3, 0.4) is 0 Å². The predicted molar refractivity (Wildman–Crippen MR) is 66.8 cm³/mol. The van der Waals surface area contributed by atoms with Gasteiger partial charge >= 0.3 is 11.9 Å². The number of esters is 2. The summed E-state index contributed by atoms with van der Waals surface area (Å²) in [6.07, 6.45) is 0. The Balaban J connectivity index is 2.83. The molecule has 7 heteroatoms. The van der Waals surface area contributed by atoms with E-state index >= 15 is 0 Å². The first-order chi connectivity index (χ1) is 9.19. The van der Waals surface area contributed by atoms with Crippen LogP contribution in [-0.4, -0.2) is 25.7 Å². The van der Waals surface area contributed by atoms with E-state index in [1.54, 1.807) is 0 Å². The van der Waals surface area contributed by atoms with E-state index in [4.69, 9.17) is 10.5 Å². The number of rotatable bonds is 4. The molecule has 0 heterocycles. The molecule has 0 unspecified atom stereocenters. The van der Waals surface area contributed by atoms with Gasteiger partial charge in [-0.05, 0) is 19.9 Å². The fourth-order valence-electron chi connectivity index (χ4n) is 1.38. The van der Waals surface area contributed by atoms with Gasteiger partial charge in [0, 0.05) is 6.07 Å². The van der Waals surface area contributed by atoms with Gasteiger partial charge in [-0.1, -0.05) is 0 Å². The van der Waals surface area contributed by atoms with E-state index in [0.29, 0.717) is 6.07 Å². The third kappa shape index (κ3) is 3.43. The average molecular weight is 287 g/mol. The van der Waals surface area contributed by atoms with Crippen LogP contribution in [-0.2, 0) is 14.3 Å². The van der Waals surface area contributed by atoms with Gasteiger partial charge in [-0.15, -0.1) is 0 Å². The number of ether oxygens (including phenoxy) is 2. The number of halogens is 2. The molecule has 1 aromatic carbocycles. The van der Waals surface area contributed by atoms with Crippen molar-refractivity contribution in [3.8, 4) is 0 Å². The van der Waals surface area contributed by atoms with Gasteiger partial charge in [0.2, 0.25) is 0 Å². The SMILES string of the molecule is COC(=O)C(C)(C)COC(=O)c1cc(N)c(F)cc1F. The van der Waals surface area contributed by atoms with Gasteiger partial charge in [-0.3, -0.25) is 4.79 Å². The summed E-state index contributed by atoms with van der Waals surface area (Å²) >= 11 is 0. The summed E-state index contributed by atoms with van der Waals surface area (Å²) in [5.74, 6) is -3.66. The molecule has 0 saturated heterocycles. The van der Waals surface area contributed by atoms with E-state index in [1.807, 2.05) is 0 Å². The van der Waals surface area contributed by atoms with Gasteiger partial charge in [0.15, 0.2) is 0 Å². The second-order valence-electron chi connectivity index (χ2n) is 4.81. The van der Waals surface area contributed by atoms with Gasteiger partial charge in [0.1, 0.15) is 18.2 Å². The molecule has 20 heavy (non-hydrogen) atoms. The number of carbonyl (C=O) groups is 2. The van der Waals surface area contributed by atoms with E-state index < -0.39 is 34.6 Å². The minimum atomic E-state index is -1.09. The zero-order valence-electron chi connectivity index (χ0n) is 11.3. The molecule has 0 bridgehead atoms. The Kier molecular flexibility index (Phi) is 4.65. The van der Waals surface area contributed by atoms with E-state index in [1.165, 1.54) is 21.0 Å². The molecule has 0 saturated carbocycles. The maximum atomic E-state index is 13.4. The topological polar surface area (TPSA) is 78.6 Å². The van der Waals surface area contributed by atoms with Crippen molar-refractivity contribution in [2.24, 2.45) is 5.41 Å². The highest BCUT2D eigenvalue weighted by Gasteiger charge is 2.31.